The Hall–Kier alpha value is -1.01. The molecule has 5 nitrogen and oxygen atoms in total. The van der Waals surface area contributed by atoms with Crippen molar-refractivity contribution in [1.82, 2.24) is 9.97 Å². The lowest BCUT2D eigenvalue weighted by atomic mass is 9.84. The summed E-state index contributed by atoms with van der Waals surface area (Å²) < 4.78 is 0.393. The number of hydrogen-bond donors (Lipinski definition) is 2. The molecule has 1 aromatic rings. The van der Waals surface area contributed by atoms with Crippen LogP contribution in [0.2, 0.25) is 0 Å². The Morgan fingerprint density at radius 2 is 2.23 bits per heavy atom. The fraction of sp³-hybridized carbons (Fsp3) is 0.750. The predicted octanol–water partition coefficient (Wildman–Crippen LogP) is 2.53. The van der Waals surface area contributed by atoms with Crippen molar-refractivity contribution < 1.29 is 5.11 Å². The van der Waals surface area contributed by atoms with E-state index in [1.54, 1.807) is 6.33 Å². The van der Waals surface area contributed by atoms with Gasteiger partial charge in [0.15, 0.2) is 0 Å². The molecule has 2 fully saturated rings. The van der Waals surface area contributed by atoms with Crippen molar-refractivity contribution in [3.05, 3.63) is 12.4 Å². The van der Waals surface area contributed by atoms with Crippen LogP contribution >= 0.6 is 11.8 Å². The molecule has 1 saturated carbocycles. The van der Waals surface area contributed by atoms with Gasteiger partial charge >= 0.3 is 0 Å². The molecule has 22 heavy (non-hydrogen) atoms. The summed E-state index contributed by atoms with van der Waals surface area (Å²) in [4.78, 5) is 11.0. The van der Waals surface area contributed by atoms with Crippen LogP contribution < -0.4 is 10.2 Å². The largest absolute Gasteiger partial charge is 0.394 e. The quantitative estimate of drug-likeness (QED) is 0.839. The standard InChI is InChI=1S/C16H26N4OS/c1-22-16(6-4-7-16)11-17-14-9-15(19-12-18-14)20-8-3-2-5-13(20)10-21/h9,12-13,21H,2-8,10-11H2,1H3,(H,17,18,19). The Labute approximate surface area is 136 Å². The second kappa shape index (κ2) is 7.04. The molecular weight excluding hydrogens is 296 g/mol. The van der Waals surface area contributed by atoms with Gasteiger partial charge in [-0.15, -0.1) is 0 Å². The topological polar surface area (TPSA) is 61.3 Å². The molecule has 122 valence electrons. The van der Waals surface area contributed by atoms with Crippen LogP contribution in [-0.2, 0) is 0 Å². The lowest BCUT2D eigenvalue weighted by Crippen LogP contribution is -2.42. The Morgan fingerprint density at radius 3 is 2.91 bits per heavy atom. The van der Waals surface area contributed by atoms with Gasteiger partial charge in [0.05, 0.1) is 12.6 Å². The highest BCUT2D eigenvalue weighted by molar-refractivity contribution is 8.00. The van der Waals surface area contributed by atoms with E-state index in [-0.39, 0.29) is 12.6 Å². The molecule has 0 amide bonds. The van der Waals surface area contributed by atoms with Gasteiger partial charge in [-0.1, -0.05) is 6.42 Å². The molecule has 0 spiro atoms. The maximum Gasteiger partial charge on any atom is 0.134 e. The average Bonchev–Trinajstić information content (AvgIpc) is 2.54. The van der Waals surface area contributed by atoms with Crippen LogP contribution in [0, 0.1) is 0 Å². The van der Waals surface area contributed by atoms with E-state index >= 15 is 0 Å². The van der Waals surface area contributed by atoms with Crippen LogP contribution in [-0.4, -0.2) is 51.8 Å². The minimum absolute atomic E-state index is 0.195. The van der Waals surface area contributed by atoms with Crippen LogP contribution in [0.3, 0.4) is 0 Å². The first-order valence-corrected chi connectivity index (χ1v) is 9.47. The van der Waals surface area contributed by atoms with Crippen molar-refractivity contribution in [2.45, 2.75) is 49.3 Å². The average molecular weight is 322 g/mol. The van der Waals surface area contributed by atoms with Crippen molar-refractivity contribution in [3.8, 4) is 0 Å². The molecule has 2 heterocycles. The first-order valence-electron chi connectivity index (χ1n) is 8.25. The van der Waals surface area contributed by atoms with E-state index in [0.29, 0.717) is 4.75 Å². The summed E-state index contributed by atoms with van der Waals surface area (Å²) >= 11 is 1.97. The predicted molar refractivity (Wildman–Crippen MR) is 92.7 cm³/mol. The fourth-order valence-electron chi connectivity index (χ4n) is 3.37. The number of thioether (sulfide) groups is 1. The summed E-state index contributed by atoms with van der Waals surface area (Å²) in [6.07, 6.45) is 11.1. The van der Waals surface area contributed by atoms with Gasteiger partial charge in [0.1, 0.15) is 18.0 Å². The second-order valence-corrected chi connectivity index (χ2v) is 7.66. The number of anilines is 2. The highest BCUT2D eigenvalue weighted by Crippen LogP contribution is 2.42. The lowest BCUT2D eigenvalue weighted by Gasteiger charge is -2.40. The Kier molecular flexibility index (Phi) is 5.08. The summed E-state index contributed by atoms with van der Waals surface area (Å²) in [5.74, 6) is 1.83. The summed E-state index contributed by atoms with van der Waals surface area (Å²) in [6, 6.07) is 2.22. The minimum Gasteiger partial charge on any atom is -0.394 e. The smallest absolute Gasteiger partial charge is 0.134 e. The molecular formula is C16H26N4OS. The van der Waals surface area contributed by atoms with E-state index in [0.717, 1.165) is 31.1 Å². The number of nitrogens with zero attached hydrogens (tertiary/aromatic N) is 3. The number of piperidine rings is 1. The van der Waals surface area contributed by atoms with E-state index in [4.69, 9.17) is 0 Å². The number of aromatic nitrogens is 2. The number of aliphatic hydroxyl groups excluding tert-OH is 1. The second-order valence-electron chi connectivity index (χ2n) is 6.38. The van der Waals surface area contributed by atoms with Gasteiger partial charge < -0.3 is 15.3 Å². The van der Waals surface area contributed by atoms with Crippen LogP contribution in [0.25, 0.3) is 0 Å². The molecule has 2 aliphatic rings. The van der Waals surface area contributed by atoms with Crippen LogP contribution in [0.1, 0.15) is 38.5 Å². The number of aliphatic hydroxyl groups is 1. The Morgan fingerprint density at radius 1 is 1.36 bits per heavy atom. The van der Waals surface area contributed by atoms with E-state index in [2.05, 4.69) is 26.4 Å². The van der Waals surface area contributed by atoms with Gasteiger partial charge in [-0.2, -0.15) is 11.8 Å². The molecule has 1 unspecified atom stereocenters. The van der Waals surface area contributed by atoms with E-state index in [1.165, 1.54) is 32.1 Å². The van der Waals surface area contributed by atoms with Gasteiger partial charge in [-0.25, -0.2) is 9.97 Å². The minimum atomic E-state index is 0.195. The van der Waals surface area contributed by atoms with E-state index in [9.17, 15) is 5.11 Å². The maximum absolute atomic E-state index is 9.57. The molecule has 1 aliphatic heterocycles. The maximum atomic E-state index is 9.57. The van der Waals surface area contributed by atoms with E-state index in [1.807, 2.05) is 17.8 Å². The molecule has 1 atom stereocenters. The molecule has 1 saturated heterocycles. The lowest BCUT2D eigenvalue weighted by molar-refractivity contribution is 0.239. The summed E-state index contributed by atoms with van der Waals surface area (Å²) in [5.41, 5.74) is 0. The van der Waals surface area contributed by atoms with Gasteiger partial charge in [-0.3, -0.25) is 0 Å². The summed E-state index contributed by atoms with van der Waals surface area (Å²) in [5, 5.41) is 13.1. The highest BCUT2D eigenvalue weighted by atomic mass is 32.2. The molecule has 0 aromatic carbocycles. The third-order valence-corrected chi connectivity index (χ3v) is 6.49. The molecule has 6 heteroatoms. The zero-order valence-electron chi connectivity index (χ0n) is 13.3. The van der Waals surface area contributed by atoms with Crippen LogP contribution in [0.15, 0.2) is 12.4 Å². The first kappa shape index (κ1) is 15.9. The zero-order chi connectivity index (χ0) is 15.4. The molecule has 0 bridgehead atoms. The van der Waals surface area contributed by atoms with Gasteiger partial charge in [0.2, 0.25) is 0 Å². The van der Waals surface area contributed by atoms with Gasteiger partial charge in [0.25, 0.3) is 0 Å². The van der Waals surface area contributed by atoms with Gasteiger partial charge in [0, 0.05) is 23.9 Å². The van der Waals surface area contributed by atoms with Crippen molar-refractivity contribution in [2.24, 2.45) is 0 Å². The molecule has 1 aromatic heterocycles. The molecule has 3 rings (SSSR count). The Balaban J connectivity index is 1.66. The van der Waals surface area contributed by atoms with Gasteiger partial charge in [-0.05, 0) is 38.4 Å². The van der Waals surface area contributed by atoms with Crippen molar-refractivity contribution in [1.29, 1.82) is 0 Å². The monoisotopic (exact) mass is 322 g/mol. The molecule has 0 radical (unpaired) electrons. The normalized spacial score (nSPS) is 23.9. The number of rotatable bonds is 6. The molecule has 1 aliphatic carbocycles. The number of hydrogen-bond acceptors (Lipinski definition) is 6. The first-order chi connectivity index (χ1) is 10.8. The fourth-order valence-corrected chi connectivity index (χ4v) is 4.28. The SMILES string of the molecule is CSC1(CNc2cc(N3CCCCC3CO)ncn2)CCC1. The molecule has 2 N–H and O–H groups in total. The third-order valence-electron chi connectivity index (χ3n) is 5.07. The Bertz CT molecular complexity index is 489. The van der Waals surface area contributed by atoms with Crippen molar-refractivity contribution >= 4 is 23.4 Å². The van der Waals surface area contributed by atoms with Crippen molar-refractivity contribution in [3.63, 3.8) is 0 Å². The zero-order valence-corrected chi connectivity index (χ0v) is 14.1. The highest BCUT2D eigenvalue weighted by Gasteiger charge is 2.35. The van der Waals surface area contributed by atoms with Crippen LogP contribution in [0.5, 0.6) is 0 Å². The van der Waals surface area contributed by atoms with Crippen LogP contribution in [0.4, 0.5) is 11.6 Å². The van der Waals surface area contributed by atoms with Crippen molar-refractivity contribution in [2.75, 3.05) is 36.2 Å². The third kappa shape index (κ3) is 3.33. The number of nitrogens with one attached hydrogen (secondary N) is 1. The van der Waals surface area contributed by atoms with E-state index < -0.39 is 0 Å². The summed E-state index contributed by atoms with van der Waals surface area (Å²) in [6.45, 7) is 2.13. The summed E-state index contributed by atoms with van der Waals surface area (Å²) in [7, 11) is 0.